The lowest BCUT2D eigenvalue weighted by Crippen LogP contribution is -2.14. The van der Waals surface area contributed by atoms with Gasteiger partial charge in [0.1, 0.15) is 23.6 Å². The predicted molar refractivity (Wildman–Crippen MR) is 97.7 cm³/mol. The number of methoxy groups -OCH3 is 1. The van der Waals surface area contributed by atoms with Crippen LogP contribution in [0, 0.1) is 0 Å². The van der Waals surface area contributed by atoms with E-state index in [1.165, 1.54) is 6.33 Å². The molecule has 0 saturated carbocycles. The molecule has 2 aromatic carbocycles. The maximum absolute atomic E-state index is 12.3. The maximum Gasteiger partial charge on any atom is 0.274 e. The van der Waals surface area contributed by atoms with E-state index in [0.29, 0.717) is 16.5 Å². The lowest BCUT2D eigenvalue weighted by atomic mass is 10.2. The molecule has 6 nitrogen and oxygen atoms in total. The van der Waals surface area contributed by atoms with Gasteiger partial charge in [-0.05, 0) is 48.5 Å². The molecular formula is C18H15ClN4O2. The molecule has 1 aromatic heterocycles. The number of amides is 1. The zero-order valence-electron chi connectivity index (χ0n) is 13.4. The lowest BCUT2D eigenvalue weighted by Gasteiger charge is -2.08. The van der Waals surface area contributed by atoms with Crippen molar-refractivity contribution in [3.8, 4) is 5.75 Å². The van der Waals surface area contributed by atoms with Crippen molar-refractivity contribution in [1.29, 1.82) is 0 Å². The summed E-state index contributed by atoms with van der Waals surface area (Å²) in [6.07, 6.45) is 1.33. The molecule has 0 atom stereocenters. The third kappa shape index (κ3) is 4.45. The van der Waals surface area contributed by atoms with Gasteiger partial charge in [0.15, 0.2) is 0 Å². The second-order valence-corrected chi connectivity index (χ2v) is 5.54. The van der Waals surface area contributed by atoms with E-state index in [0.717, 1.165) is 11.4 Å². The standard InChI is InChI=1S/C18H15ClN4O2/c1-25-15-8-6-14(7-9-15)23-18(24)16-10-17(21-11-20-16)22-13-4-2-12(19)3-5-13/h2-11H,1H3,(H,23,24)(H,20,21,22). The molecule has 25 heavy (non-hydrogen) atoms. The molecule has 7 heteroatoms. The van der Waals surface area contributed by atoms with Crippen LogP contribution in [0.1, 0.15) is 10.5 Å². The number of benzene rings is 2. The van der Waals surface area contributed by atoms with Crippen LogP contribution in [-0.4, -0.2) is 23.0 Å². The van der Waals surface area contributed by atoms with E-state index < -0.39 is 0 Å². The summed E-state index contributed by atoms with van der Waals surface area (Å²) in [5.41, 5.74) is 1.71. The highest BCUT2D eigenvalue weighted by Gasteiger charge is 2.09. The Labute approximate surface area is 149 Å². The van der Waals surface area contributed by atoms with Crippen LogP contribution in [0.3, 0.4) is 0 Å². The molecule has 0 aliphatic carbocycles. The molecule has 0 spiro atoms. The highest BCUT2D eigenvalue weighted by atomic mass is 35.5. The third-order valence-electron chi connectivity index (χ3n) is 3.36. The molecule has 126 valence electrons. The molecule has 1 heterocycles. The minimum Gasteiger partial charge on any atom is -0.497 e. The zero-order chi connectivity index (χ0) is 17.6. The van der Waals surface area contributed by atoms with E-state index in [4.69, 9.17) is 16.3 Å². The van der Waals surface area contributed by atoms with E-state index in [-0.39, 0.29) is 11.6 Å². The zero-order valence-corrected chi connectivity index (χ0v) is 14.1. The van der Waals surface area contributed by atoms with E-state index in [1.54, 1.807) is 49.6 Å². The first-order valence-electron chi connectivity index (χ1n) is 7.44. The molecule has 2 N–H and O–H groups in total. The number of carbonyl (C=O) groups is 1. The van der Waals surface area contributed by atoms with Crippen LogP contribution in [0.4, 0.5) is 17.2 Å². The summed E-state index contributed by atoms with van der Waals surface area (Å²) in [4.78, 5) is 20.5. The predicted octanol–water partition coefficient (Wildman–Crippen LogP) is 4.13. The molecule has 0 radical (unpaired) electrons. The summed E-state index contributed by atoms with van der Waals surface area (Å²) < 4.78 is 5.09. The molecule has 3 rings (SSSR count). The Morgan fingerprint density at radius 2 is 1.68 bits per heavy atom. The fourth-order valence-corrected chi connectivity index (χ4v) is 2.23. The van der Waals surface area contributed by atoms with Gasteiger partial charge in [-0.25, -0.2) is 9.97 Å². The summed E-state index contributed by atoms with van der Waals surface area (Å²) >= 11 is 5.86. The average molecular weight is 355 g/mol. The maximum atomic E-state index is 12.3. The Balaban J connectivity index is 1.71. The summed E-state index contributed by atoms with van der Waals surface area (Å²) in [7, 11) is 1.59. The average Bonchev–Trinajstić information content (AvgIpc) is 2.64. The number of aromatic nitrogens is 2. The van der Waals surface area contributed by atoms with Crippen molar-refractivity contribution in [2.24, 2.45) is 0 Å². The summed E-state index contributed by atoms with van der Waals surface area (Å²) in [5.74, 6) is 0.901. The number of nitrogens with zero attached hydrogens (tertiary/aromatic N) is 2. The van der Waals surface area contributed by atoms with Gasteiger partial charge < -0.3 is 15.4 Å². The number of carbonyl (C=O) groups excluding carboxylic acids is 1. The molecule has 0 unspecified atom stereocenters. The van der Waals surface area contributed by atoms with Crippen molar-refractivity contribution < 1.29 is 9.53 Å². The molecular weight excluding hydrogens is 340 g/mol. The van der Waals surface area contributed by atoms with Crippen LogP contribution in [0.25, 0.3) is 0 Å². The minimum absolute atomic E-state index is 0.252. The molecule has 0 fully saturated rings. The van der Waals surface area contributed by atoms with Gasteiger partial charge in [0, 0.05) is 22.5 Å². The molecule has 0 bridgehead atoms. The fraction of sp³-hybridized carbons (Fsp3) is 0.0556. The lowest BCUT2D eigenvalue weighted by molar-refractivity contribution is 0.102. The Bertz CT molecular complexity index is 867. The van der Waals surface area contributed by atoms with Crippen molar-refractivity contribution in [1.82, 2.24) is 9.97 Å². The van der Waals surface area contributed by atoms with E-state index in [1.807, 2.05) is 12.1 Å². The molecule has 0 saturated heterocycles. The third-order valence-corrected chi connectivity index (χ3v) is 3.62. The number of hydrogen-bond acceptors (Lipinski definition) is 5. The van der Waals surface area contributed by atoms with E-state index >= 15 is 0 Å². The van der Waals surface area contributed by atoms with Gasteiger partial charge >= 0.3 is 0 Å². The Morgan fingerprint density at radius 1 is 1.00 bits per heavy atom. The quantitative estimate of drug-likeness (QED) is 0.720. The van der Waals surface area contributed by atoms with Gasteiger partial charge in [-0.2, -0.15) is 0 Å². The molecule has 1 amide bonds. The molecule has 0 aliphatic rings. The highest BCUT2D eigenvalue weighted by Crippen LogP contribution is 2.19. The van der Waals surface area contributed by atoms with Gasteiger partial charge in [0.05, 0.1) is 7.11 Å². The topological polar surface area (TPSA) is 76.1 Å². The van der Waals surface area contributed by atoms with Gasteiger partial charge in [-0.3, -0.25) is 4.79 Å². The normalized spacial score (nSPS) is 10.2. The number of rotatable bonds is 5. The van der Waals surface area contributed by atoms with Crippen LogP contribution in [0.2, 0.25) is 5.02 Å². The van der Waals surface area contributed by atoms with Gasteiger partial charge in [0.2, 0.25) is 0 Å². The van der Waals surface area contributed by atoms with Crippen LogP contribution >= 0.6 is 11.6 Å². The second-order valence-electron chi connectivity index (χ2n) is 5.10. The molecule has 0 aliphatic heterocycles. The van der Waals surface area contributed by atoms with Crippen molar-refractivity contribution in [3.63, 3.8) is 0 Å². The number of halogens is 1. The van der Waals surface area contributed by atoms with Crippen molar-refractivity contribution in [3.05, 3.63) is 71.6 Å². The molecule has 3 aromatic rings. The van der Waals surface area contributed by atoms with E-state index in [9.17, 15) is 4.79 Å². The Morgan fingerprint density at radius 3 is 2.36 bits per heavy atom. The van der Waals surface area contributed by atoms with Gasteiger partial charge in [-0.1, -0.05) is 11.6 Å². The van der Waals surface area contributed by atoms with Crippen LogP contribution in [0.15, 0.2) is 60.9 Å². The minimum atomic E-state index is -0.327. The van der Waals surface area contributed by atoms with Crippen molar-refractivity contribution in [2.75, 3.05) is 17.7 Å². The second kappa shape index (κ2) is 7.63. The van der Waals surface area contributed by atoms with Gasteiger partial charge in [0.25, 0.3) is 5.91 Å². The van der Waals surface area contributed by atoms with Crippen molar-refractivity contribution in [2.45, 2.75) is 0 Å². The van der Waals surface area contributed by atoms with Crippen LogP contribution in [0.5, 0.6) is 5.75 Å². The fourth-order valence-electron chi connectivity index (χ4n) is 2.10. The number of nitrogens with one attached hydrogen (secondary N) is 2. The number of ether oxygens (including phenoxy) is 1. The number of hydrogen-bond donors (Lipinski definition) is 2. The monoisotopic (exact) mass is 354 g/mol. The van der Waals surface area contributed by atoms with Gasteiger partial charge in [-0.15, -0.1) is 0 Å². The SMILES string of the molecule is COc1ccc(NC(=O)c2cc(Nc3ccc(Cl)cc3)ncn2)cc1. The smallest absolute Gasteiger partial charge is 0.274 e. The van der Waals surface area contributed by atoms with E-state index in [2.05, 4.69) is 20.6 Å². The first-order chi connectivity index (χ1) is 12.1. The highest BCUT2D eigenvalue weighted by molar-refractivity contribution is 6.30. The summed E-state index contributed by atoms with van der Waals surface area (Å²) in [5, 5.41) is 6.52. The first-order valence-corrected chi connectivity index (χ1v) is 7.82. The van der Waals surface area contributed by atoms with Crippen LogP contribution in [-0.2, 0) is 0 Å². The summed E-state index contributed by atoms with van der Waals surface area (Å²) in [6, 6.07) is 15.8. The number of anilines is 3. The van der Waals surface area contributed by atoms with Crippen LogP contribution < -0.4 is 15.4 Å². The first kappa shape index (κ1) is 16.7. The Kier molecular flexibility index (Phi) is 5.11. The summed E-state index contributed by atoms with van der Waals surface area (Å²) in [6.45, 7) is 0. The Hall–Kier alpha value is -3.12. The van der Waals surface area contributed by atoms with Crippen molar-refractivity contribution >= 4 is 34.7 Å². The largest absolute Gasteiger partial charge is 0.497 e.